The summed E-state index contributed by atoms with van der Waals surface area (Å²) in [7, 11) is 0. The number of nitrogens with zero attached hydrogens (tertiary/aromatic N) is 1. The predicted octanol–water partition coefficient (Wildman–Crippen LogP) is 3.17. The van der Waals surface area contributed by atoms with Gasteiger partial charge < -0.3 is 14.5 Å². The Balaban J connectivity index is 2.22. The summed E-state index contributed by atoms with van der Waals surface area (Å²) >= 11 is 5.69. The number of imidazole rings is 1. The van der Waals surface area contributed by atoms with Crippen molar-refractivity contribution in [1.82, 2.24) is 9.97 Å². The highest BCUT2D eigenvalue weighted by Gasteiger charge is 2.14. The fraction of sp³-hybridized carbons (Fsp3) is 0. The normalized spacial score (nSPS) is 10.9. The molecule has 6 heteroatoms. The molecule has 0 fully saturated rings. The number of aromatic carboxylic acids is 1. The number of hydrogen-bond donors (Lipinski definition) is 2. The van der Waals surface area contributed by atoms with E-state index in [0.29, 0.717) is 22.6 Å². The van der Waals surface area contributed by atoms with Crippen LogP contribution in [0.3, 0.4) is 0 Å². The molecule has 3 rings (SSSR count). The molecule has 2 heterocycles. The van der Waals surface area contributed by atoms with Crippen molar-refractivity contribution in [2.24, 2.45) is 0 Å². The van der Waals surface area contributed by atoms with Gasteiger partial charge in [0.15, 0.2) is 16.8 Å². The fourth-order valence-electron chi connectivity index (χ4n) is 1.76. The molecule has 18 heavy (non-hydrogen) atoms. The number of hydrogen-bond acceptors (Lipinski definition) is 3. The number of aromatic nitrogens is 2. The van der Waals surface area contributed by atoms with Gasteiger partial charge in [-0.1, -0.05) is 6.07 Å². The molecule has 0 bridgehead atoms. The van der Waals surface area contributed by atoms with Crippen LogP contribution in [-0.4, -0.2) is 21.0 Å². The summed E-state index contributed by atoms with van der Waals surface area (Å²) in [6, 6.07) is 8.18. The van der Waals surface area contributed by atoms with Crippen molar-refractivity contribution >= 4 is 28.6 Å². The average molecular weight is 263 g/mol. The lowest BCUT2D eigenvalue weighted by molar-refractivity contribution is 0.0699. The molecule has 0 atom stereocenters. The topological polar surface area (TPSA) is 79.1 Å². The second-order valence-corrected chi connectivity index (χ2v) is 4.07. The van der Waals surface area contributed by atoms with Gasteiger partial charge in [-0.25, -0.2) is 9.78 Å². The number of carbonyl (C=O) groups is 1. The Kier molecular flexibility index (Phi) is 2.34. The van der Waals surface area contributed by atoms with E-state index in [9.17, 15) is 4.79 Å². The minimum absolute atomic E-state index is 0.146. The molecule has 0 saturated carbocycles. The molecule has 1 aromatic carbocycles. The number of carboxylic acids is 1. The van der Waals surface area contributed by atoms with Gasteiger partial charge >= 0.3 is 5.97 Å². The highest BCUT2D eigenvalue weighted by Crippen LogP contribution is 2.26. The molecule has 3 aromatic rings. The molecule has 0 spiro atoms. The van der Waals surface area contributed by atoms with Crippen molar-refractivity contribution in [3.63, 3.8) is 0 Å². The first kappa shape index (κ1) is 10.9. The lowest BCUT2D eigenvalue weighted by Crippen LogP contribution is -1.96. The molecular weight excluding hydrogens is 256 g/mol. The van der Waals surface area contributed by atoms with Gasteiger partial charge in [-0.2, -0.15) is 0 Å². The average Bonchev–Trinajstić information content (AvgIpc) is 2.93. The van der Waals surface area contributed by atoms with Crippen molar-refractivity contribution < 1.29 is 14.3 Å². The van der Waals surface area contributed by atoms with Gasteiger partial charge in [0.25, 0.3) is 0 Å². The Morgan fingerprint density at radius 3 is 2.83 bits per heavy atom. The summed E-state index contributed by atoms with van der Waals surface area (Å²) in [5, 5.41) is 9.32. The minimum Gasteiger partial charge on any atom is -0.478 e. The Morgan fingerprint density at radius 2 is 2.17 bits per heavy atom. The Labute approximate surface area is 106 Å². The highest BCUT2D eigenvalue weighted by molar-refractivity contribution is 6.29. The number of para-hydroxylation sites is 1. The first-order chi connectivity index (χ1) is 8.65. The Morgan fingerprint density at radius 1 is 1.33 bits per heavy atom. The number of benzene rings is 1. The van der Waals surface area contributed by atoms with Crippen LogP contribution in [-0.2, 0) is 0 Å². The lowest BCUT2D eigenvalue weighted by Gasteiger charge is -1.93. The van der Waals surface area contributed by atoms with Crippen LogP contribution >= 0.6 is 11.6 Å². The second kappa shape index (κ2) is 3.89. The van der Waals surface area contributed by atoms with E-state index in [0.717, 1.165) is 0 Å². The van der Waals surface area contributed by atoms with E-state index < -0.39 is 5.97 Å². The van der Waals surface area contributed by atoms with Crippen LogP contribution in [0.1, 0.15) is 10.4 Å². The van der Waals surface area contributed by atoms with Crippen molar-refractivity contribution in [3.8, 4) is 11.6 Å². The van der Waals surface area contributed by atoms with Gasteiger partial charge in [-0.3, -0.25) is 0 Å². The Bertz CT molecular complexity index is 745. The van der Waals surface area contributed by atoms with Crippen molar-refractivity contribution in [2.45, 2.75) is 0 Å². The molecule has 5 nitrogen and oxygen atoms in total. The highest BCUT2D eigenvalue weighted by atomic mass is 35.5. The molecule has 2 N–H and O–H groups in total. The van der Waals surface area contributed by atoms with Crippen LogP contribution in [0, 0.1) is 0 Å². The second-order valence-electron chi connectivity index (χ2n) is 3.70. The van der Waals surface area contributed by atoms with Gasteiger partial charge in [-0.15, -0.1) is 0 Å². The monoisotopic (exact) mass is 262 g/mol. The fourth-order valence-corrected chi connectivity index (χ4v) is 1.91. The van der Waals surface area contributed by atoms with Crippen LogP contribution < -0.4 is 0 Å². The maximum atomic E-state index is 11.1. The summed E-state index contributed by atoms with van der Waals surface area (Å²) in [4.78, 5) is 18.3. The summed E-state index contributed by atoms with van der Waals surface area (Å²) in [5.74, 6) is -0.103. The quantitative estimate of drug-likeness (QED) is 0.743. The third-order valence-electron chi connectivity index (χ3n) is 2.55. The summed E-state index contributed by atoms with van der Waals surface area (Å²) in [6.07, 6.45) is 0. The number of halogens is 1. The van der Waals surface area contributed by atoms with Crippen LogP contribution in [0.4, 0.5) is 0 Å². The molecule has 0 aliphatic rings. The van der Waals surface area contributed by atoms with Gasteiger partial charge in [0.1, 0.15) is 5.52 Å². The number of nitrogens with one attached hydrogen (secondary N) is 1. The zero-order valence-corrected chi connectivity index (χ0v) is 9.73. The molecule has 0 saturated heterocycles. The van der Waals surface area contributed by atoms with Crippen molar-refractivity contribution in [2.75, 3.05) is 0 Å². The first-order valence-corrected chi connectivity index (χ1v) is 5.50. The zero-order chi connectivity index (χ0) is 12.7. The molecule has 2 aromatic heterocycles. The lowest BCUT2D eigenvalue weighted by atomic mass is 10.2. The number of rotatable bonds is 2. The van der Waals surface area contributed by atoms with E-state index >= 15 is 0 Å². The number of fused-ring (bicyclic) bond motifs is 1. The summed E-state index contributed by atoms with van der Waals surface area (Å²) < 4.78 is 5.22. The third-order valence-corrected chi connectivity index (χ3v) is 2.75. The molecule has 0 unspecified atom stereocenters. The summed E-state index contributed by atoms with van der Waals surface area (Å²) in [5.41, 5.74) is 1.18. The van der Waals surface area contributed by atoms with Crippen molar-refractivity contribution in [3.05, 3.63) is 41.1 Å². The van der Waals surface area contributed by atoms with E-state index in [4.69, 9.17) is 21.1 Å². The van der Waals surface area contributed by atoms with Gasteiger partial charge in [0.2, 0.25) is 0 Å². The third kappa shape index (κ3) is 1.65. The maximum Gasteiger partial charge on any atom is 0.337 e. The SMILES string of the molecule is O=C(O)c1cccc2[nH]c(-c3ccc(Cl)o3)nc12. The van der Waals surface area contributed by atoms with E-state index in [1.54, 1.807) is 24.3 Å². The number of carboxylic acid groups (broad SMARTS) is 1. The van der Waals surface area contributed by atoms with Crippen LogP contribution in [0.25, 0.3) is 22.6 Å². The first-order valence-electron chi connectivity index (χ1n) is 5.13. The Hall–Kier alpha value is -2.27. The number of aromatic amines is 1. The van der Waals surface area contributed by atoms with Crippen molar-refractivity contribution in [1.29, 1.82) is 0 Å². The van der Waals surface area contributed by atoms with E-state index in [-0.39, 0.29) is 10.8 Å². The smallest absolute Gasteiger partial charge is 0.337 e. The molecule has 0 aliphatic heterocycles. The van der Waals surface area contributed by atoms with Crippen LogP contribution in [0.2, 0.25) is 5.22 Å². The van der Waals surface area contributed by atoms with E-state index in [1.807, 2.05) is 0 Å². The summed E-state index contributed by atoms with van der Waals surface area (Å²) in [6.45, 7) is 0. The predicted molar refractivity (Wildman–Crippen MR) is 65.8 cm³/mol. The van der Waals surface area contributed by atoms with Gasteiger partial charge in [0.05, 0.1) is 11.1 Å². The van der Waals surface area contributed by atoms with E-state index in [1.165, 1.54) is 6.07 Å². The minimum atomic E-state index is -1.02. The largest absolute Gasteiger partial charge is 0.478 e. The molecule has 0 radical (unpaired) electrons. The molecular formula is C12H7ClN2O3. The van der Waals surface area contributed by atoms with Crippen LogP contribution in [0.5, 0.6) is 0 Å². The molecule has 0 aliphatic carbocycles. The zero-order valence-electron chi connectivity index (χ0n) is 8.98. The van der Waals surface area contributed by atoms with E-state index in [2.05, 4.69) is 9.97 Å². The maximum absolute atomic E-state index is 11.1. The molecule has 0 amide bonds. The van der Waals surface area contributed by atoms with Gasteiger partial charge in [-0.05, 0) is 35.9 Å². The number of furan rings is 1. The molecule has 90 valence electrons. The number of H-pyrrole nitrogens is 1. The van der Waals surface area contributed by atoms with Crippen LogP contribution in [0.15, 0.2) is 34.7 Å². The van der Waals surface area contributed by atoms with Gasteiger partial charge in [0, 0.05) is 0 Å². The standard InChI is InChI=1S/C12H7ClN2O3/c13-9-5-4-8(18-9)11-14-7-3-1-2-6(12(16)17)10(7)15-11/h1-5H,(H,14,15)(H,16,17).